The average molecular weight is 266 g/mol. The smallest absolute Gasteiger partial charge is 0.271 e. The number of nitrogens with one attached hydrogen (secondary N) is 1. The molecule has 106 valence electrons. The van der Waals surface area contributed by atoms with E-state index in [1.54, 1.807) is 21.1 Å². The van der Waals surface area contributed by atoms with Crippen molar-refractivity contribution < 1.29 is 9.53 Å². The number of carbonyl (C=O) groups is 1. The molecule has 2 unspecified atom stereocenters. The first-order chi connectivity index (χ1) is 8.78. The monoisotopic (exact) mass is 266 g/mol. The first kappa shape index (κ1) is 13.9. The Morgan fingerprint density at radius 2 is 2.21 bits per heavy atom. The van der Waals surface area contributed by atoms with E-state index >= 15 is 0 Å². The first-order valence-corrected chi connectivity index (χ1v) is 6.41. The predicted molar refractivity (Wildman–Crippen MR) is 72.8 cm³/mol. The fourth-order valence-corrected chi connectivity index (χ4v) is 2.70. The van der Waals surface area contributed by atoms with E-state index in [0.29, 0.717) is 17.1 Å². The predicted octanol–water partition coefficient (Wildman–Crippen LogP) is 0.854. The summed E-state index contributed by atoms with van der Waals surface area (Å²) >= 11 is 0. The van der Waals surface area contributed by atoms with Gasteiger partial charge in [0.15, 0.2) is 0 Å². The van der Waals surface area contributed by atoms with E-state index in [4.69, 9.17) is 10.5 Å². The van der Waals surface area contributed by atoms with Gasteiger partial charge in [-0.15, -0.1) is 0 Å². The number of rotatable bonds is 3. The molecule has 6 heteroatoms. The SMILES string of the molecule is COC1CC(NC(=O)c2c(N)c(C)nn2C)C1(C)C. The van der Waals surface area contributed by atoms with Crippen LogP contribution in [0.3, 0.4) is 0 Å². The van der Waals surface area contributed by atoms with Gasteiger partial charge in [0.25, 0.3) is 5.91 Å². The van der Waals surface area contributed by atoms with E-state index in [2.05, 4.69) is 24.3 Å². The normalized spacial score (nSPS) is 24.9. The van der Waals surface area contributed by atoms with Crippen LogP contribution in [0.1, 0.15) is 36.5 Å². The zero-order valence-corrected chi connectivity index (χ0v) is 12.2. The van der Waals surface area contributed by atoms with Gasteiger partial charge in [-0.1, -0.05) is 13.8 Å². The van der Waals surface area contributed by atoms with Crippen LogP contribution in [0.25, 0.3) is 0 Å². The number of anilines is 1. The Bertz CT molecular complexity index is 507. The topological polar surface area (TPSA) is 82.2 Å². The molecule has 1 aliphatic carbocycles. The van der Waals surface area contributed by atoms with Crippen LogP contribution < -0.4 is 11.1 Å². The van der Waals surface area contributed by atoms with Crippen LogP contribution in [0, 0.1) is 12.3 Å². The Morgan fingerprint density at radius 3 is 2.63 bits per heavy atom. The average Bonchev–Trinajstić information content (AvgIpc) is 2.58. The molecule has 1 saturated carbocycles. The van der Waals surface area contributed by atoms with Crippen LogP contribution in [-0.2, 0) is 11.8 Å². The molecular formula is C13H22N4O2. The molecule has 6 nitrogen and oxygen atoms in total. The highest BCUT2D eigenvalue weighted by Crippen LogP contribution is 2.42. The van der Waals surface area contributed by atoms with Gasteiger partial charge in [-0.3, -0.25) is 9.48 Å². The van der Waals surface area contributed by atoms with Crippen molar-refractivity contribution in [2.45, 2.75) is 39.3 Å². The summed E-state index contributed by atoms with van der Waals surface area (Å²) in [7, 11) is 3.43. The minimum absolute atomic E-state index is 0.0627. The van der Waals surface area contributed by atoms with Gasteiger partial charge >= 0.3 is 0 Å². The van der Waals surface area contributed by atoms with Gasteiger partial charge in [0.05, 0.1) is 17.5 Å². The van der Waals surface area contributed by atoms with Crippen LogP contribution in [0.2, 0.25) is 0 Å². The molecule has 0 saturated heterocycles. The third kappa shape index (κ3) is 2.10. The van der Waals surface area contributed by atoms with Gasteiger partial charge in [0, 0.05) is 25.6 Å². The fourth-order valence-electron chi connectivity index (χ4n) is 2.70. The number of aryl methyl sites for hydroxylation is 2. The quantitative estimate of drug-likeness (QED) is 0.850. The van der Waals surface area contributed by atoms with Crippen LogP contribution in [0.4, 0.5) is 5.69 Å². The van der Waals surface area contributed by atoms with Gasteiger partial charge < -0.3 is 15.8 Å². The molecule has 2 atom stereocenters. The van der Waals surface area contributed by atoms with Crippen molar-refractivity contribution in [3.63, 3.8) is 0 Å². The third-order valence-corrected chi connectivity index (χ3v) is 4.25. The van der Waals surface area contributed by atoms with Gasteiger partial charge in [0.2, 0.25) is 0 Å². The highest BCUT2D eigenvalue weighted by atomic mass is 16.5. The molecule has 3 N–H and O–H groups in total. The molecule has 2 rings (SSSR count). The summed E-state index contributed by atoms with van der Waals surface area (Å²) in [5.74, 6) is -0.173. The Kier molecular flexibility index (Phi) is 3.30. The molecule has 1 heterocycles. The maximum absolute atomic E-state index is 12.3. The molecule has 0 spiro atoms. The maximum Gasteiger partial charge on any atom is 0.271 e. The van der Waals surface area contributed by atoms with Crippen LogP contribution in [0.15, 0.2) is 0 Å². The van der Waals surface area contributed by atoms with Crippen molar-refractivity contribution in [3.05, 3.63) is 11.4 Å². The van der Waals surface area contributed by atoms with Crippen molar-refractivity contribution in [1.29, 1.82) is 0 Å². The molecular weight excluding hydrogens is 244 g/mol. The molecule has 1 amide bonds. The number of nitrogens with zero attached hydrogens (tertiary/aromatic N) is 2. The summed E-state index contributed by atoms with van der Waals surface area (Å²) in [6.45, 7) is 5.97. The van der Waals surface area contributed by atoms with Crippen molar-refractivity contribution in [2.75, 3.05) is 12.8 Å². The van der Waals surface area contributed by atoms with E-state index in [1.165, 1.54) is 4.68 Å². The molecule has 0 bridgehead atoms. The second kappa shape index (κ2) is 4.52. The minimum Gasteiger partial charge on any atom is -0.395 e. The number of carbonyl (C=O) groups excluding carboxylic acids is 1. The van der Waals surface area contributed by atoms with Crippen LogP contribution in [0.5, 0.6) is 0 Å². The van der Waals surface area contributed by atoms with Gasteiger partial charge in [-0.25, -0.2) is 0 Å². The largest absolute Gasteiger partial charge is 0.395 e. The number of amides is 1. The summed E-state index contributed by atoms with van der Waals surface area (Å²) < 4.78 is 6.90. The van der Waals surface area contributed by atoms with Crippen LogP contribution in [-0.4, -0.2) is 34.9 Å². The number of nitrogen functional groups attached to an aromatic ring is 1. The highest BCUT2D eigenvalue weighted by molar-refractivity contribution is 5.98. The van der Waals surface area contributed by atoms with Gasteiger partial charge in [-0.05, 0) is 13.3 Å². The molecule has 1 aromatic heterocycles. The Hall–Kier alpha value is -1.56. The van der Waals surface area contributed by atoms with Crippen LogP contribution >= 0.6 is 0 Å². The number of aromatic nitrogens is 2. The number of hydrogen-bond donors (Lipinski definition) is 2. The Morgan fingerprint density at radius 1 is 1.58 bits per heavy atom. The second-order valence-corrected chi connectivity index (χ2v) is 5.78. The van der Waals surface area contributed by atoms with E-state index < -0.39 is 0 Å². The summed E-state index contributed by atoms with van der Waals surface area (Å²) in [4.78, 5) is 12.3. The van der Waals surface area contributed by atoms with E-state index in [0.717, 1.165) is 6.42 Å². The van der Waals surface area contributed by atoms with Gasteiger partial charge in [-0.2, -0.15) is 5.10 Å². The summed E-state index contributed by atoms with van der Waals surface area (Å²) in [6.07, 6.45) is 1.01. The second-order valence-electron chi connectivity index (χ2n) is 5.78. The lowest BCUT2D eigenvalue weighted by Crippen LogP contribution is -2.61. The van der Waals surface area contributed by atoms with E-state index in [9.17, 15) is 4.79 Å². The summed E-state index contributed by atoms with van der Waals surface area (Å²) in [5, 5.41) is 7.18. The standard InChI is InChI=1S/C13H22N4O2/c1-7-10(14)11(17(4)16-7)12(18)15-8-6-9(19-5)13(8,2)3/h8-9H,6,14H2,1-5H3,(H,15,18). The van der Waals surface area contributed by atoms with Crippen molar-refractivity contribution >= 4 is 11.6 Å². The lowest BCUT2D eigenvalue weighted by molar-refractivity contribution is -0.0942. The van der Waals surface area contributed by atoms with Gasteiger partial charge in [0.1, 0.15) is 5.69 Å². The maximum atomic E-state index is 12.3. The summed E-state index contributed by atoms with van der Waals surface area (Å²) in [6, 6.07) is 0.0968. The first-order valence-electron chi connectivity index (χ1n) is 6.41. The molecule has 0 radical (unpaired) electrons. The molecule has 1 aliphatic rings. The zero-order valence-electron chi connectivity index (χ0n) is 12.2. The molecule has 1 aromatic rings. The fraction of sp³-hybridized carbons (Fsp3) is 0.692. The third-order valence-electron chi connectivity index (χ3n) is 4.25. The Labute approximate surface area is 113 Å². The summed E-state index contributed by atoms with van der Waals surface area (Å²) in [5.41, 5.74) is 7.38. The lowest BCUT2D eigenvalue weighted by Gasteiger charge is -2.51. The van der Waals surface area contributed by atoms with Crippen molar-refractivity contribution in [1.82, 2.24) is 15.1 Å². The molecule has 0 aromatic carbocycles. The number of nitrogens with two attached hydrogens (primary N) is 1. The highest BCUT2D eigenvalue weighted by Gasteiger charge is 2.49. The van der Waals surface area contributed by atoms with Crippen molar-refractivity contribution in [2.24, 2.45) is 12.5 Å². The number of ether oxygens (including phenoxy) is 1. The van der Waals surface area contributed by atoms with Crippen molar-refractivity contribution in [3.8, 4) is 0 Å². The van der Waals surface area contributed by atoms with E-state index in [1.807, 2.05) is 0 Å². The number of methoxy groups -OCH3 is 1. The Balaban J connectivity index is 2.11. The molecule has 1 fully saturated rings. The zero-order chi connectivity index (χ0) is 14.4. The molecule has 19 heavy (non-hydrogen) atoms. The number of hydrogen-bond acceptors (Lipinski definition) is 4. The lowest BCUT2D eigenvalue weighted by atomic mass is 9.64. The van der Waals surface area contributed by atoms with E-state index in [-0.39, 0.29) is 23.5 Å². The minimum atomic E-state index is -0.173. The molecule has 0 aliphatic heterocycles.